The van der Waals surface area contributed by atoms with Crippen LogP contribution in [0.4, 0.5) is 5.82 Å². The number of piperidine rings is 1. The highest BCUT2D eigenvalue weighted by atomic mass is 32.1. The third-order valence-electron chi connectivity index (χ3n) is 6.04. The van der Waals surface area contributed by atoms with Crippen LogP contribution in [-0.4, -0.2) is 40.5 Å². The Morgan fingerprint density at radius 2 is 2.06 bits per heavy atom. The van der Waals surface area contributed by atoms with Crippen molar-refractivity contribution >= 4 is 34.0 Å². The average molecular weight is 466 g/mol. The molecule has 1 amide bonds. The molecule has 172 valence electrons. The first-order valence-electron chi connectivity index (χ1n) is 11.1. The fraction of sp³-hybridized carbons (Fsp3) is 0.417. The molecule has 2 N–H and O–H groups in total. The number of likely N-dealkylation sites (tertiary alicyclic amines) is 1. The number of carbonyl (C=O) groups is 1. The summed E-state index contributed by atoms with van der Waals surface area (Å²) >= 11 is 1.79. The van der Waals surface area contributed by atoms with Gasteiger partial charge in [-0.2, -0.15) is 10.2 Å². The van der Waals surface area contributed by atoms with Crippen molar-refractivity contribution in [3.8, 4) is 6.07 Å². The van der Waals surface area contributed by atoms with Crippen LogP contribution in [-0.2, 0) is 11.3 Å². The molecule has 0 saturated carbocycles. The van der Waals surface area contributed by atoms with Crippen LogP contribution in [0.5, 0.6) is 0 Å². The Kier molecular flexibility index (Phi) is 6.77. The van der Waals surface area contributed by atoms with Crippen molar-refractivity contribution in [2.75, 3.05) is 18.4 Å². The molecule has 1 aromatic carbocycles. The minimum Gasteiger partial charge on any atom is -0.408 e. The number of thiophene rings is 1. The third-order valence-corrected chi connectivity index (χ3v) is 7.03. The highest BCUT2D eigenvalue weighted by Crippen LogP contribution is 2.26. The van der Waals surface area contributed by atoms with E-state index in [0.717, 1.165) is 19.6 Å². The molecule has 2 aromatic heterocycles. The van der Waals surface area contributed by atoms with Crippen LogP contribution in [0.15, 0.2) is 45.6 Å². The number of nitrogens with one attached hydrogen (secondary N) is 2. The fourth-order valence-corrected chi connectivity index (χ4v) is 5.05. The minimum absolute atomic E-state index is 0.277. The van der Waals surface area contributed by atoms with E-state index in [-0.39, 0.29) is 5.91 Å². The van der Waals surface area contributed by atoms with Gasteiger partial charge >= 0.3 is 5.76 Å². The van der Waals surface area contributed by atoms with Crippen molar-refractivity contribution in [2.24, 2.45) is 0 Å². The molecule has 33 heavy (non-hydrogen) atoms. The maximum absolute atomic E-state index is 13.1. The van der Waals surface area contributed by atoms with Crippen LogP contribution in [0.1, 0.15) is 35.9 Å². The number of hydrogen-bond donors (Lipinski definition) is 2. The number of rotatable bonds is 7. The second kappa shape index (κ2) is 9.73. The zero-order valence-electron chi connectivity index (χ0n) is 18.8. The maximum atomic E-state index is 13.1. The van der Waals surface area contributed by atoms with Gasteiger partial charge in [0.25, 0.3) is 0 Å². The lowest BCUT2D eigenvalue weighted by atomic mass is 9.88. The molecule has 0 bridgehead atoms. The maximum Gasteiger partial charge on any atom is 0.441 e. The van der Waals surface area contributed by atoms with Crippen LogP contribution in [0, 0.1) is 18.3 Å². The number of nitrogens with zero attached hydrogens (tertiary/aromatic N) is 3. The highest BCUT2D eigenvalue weighted by Gasteiger charge is 2.37. The minimum atomic E-state index is -0.904. The van der Waals surface area contributed by atoms with Crippen LogP contribution < -0.4 is 16.4 Å². The van der Waals surface area contributed by atoms with Crippen LogP contribution in [0.25, 0.3) is 11.0 Å². The highest BCUT2D eigenvalue weighted by molar-refractivity contribution is 7.11. The first-order chi connectivity index (χ1) is 15.9. The number of amides is 1. The Labute approximate surface area is 196 Å². The van der Waals surface area contributed by atoms with Crippen molar-refractivity contribution in [1.82, 2.24) is 15.2 Å². The van der Waals surface area contributed by atoms with Crippen molar-refractivity contribution < 1.29 is 9.21 Å². The van der Waals surface area contributed by atoms with Gasteiger partial charge in [-0.05, 0) is 50.5 Å². The molecule has 8 nitrogen and oxygen atoms in total. The largest absolute Gasteiger partial charge is 0.441 e. The summed E-state index contributed by atoms with van der Waals surface area (Å²) in [6.45, 7) is 6.30. The Bertz CT molecular complexity index is 1240. The average Bonchev–Trinajstić information content (AvgIpc) is 3.23. The summed E-state index contributed by atoms with van der Waals surface area (Å²) in [6.07, 6.45) is 1.59. The molecule has 1 aliphatic rings. The summed E-state index contributed by atoms with van der Waals surface area (Å²) in [6, 6.07) is 13.0. The second-order valence-electron chi connectivity index (χ2n) is 8.40. The van der Waals surface area contributed by atoms with Gasteiger partial charge in [0.2, 0.25) is 5.91 Å². The molecule has 1 unspecified atom stereocenters. The van der Waals surface area contributed by atoms with E-state index in [2.05, 4.69) is 45.6 Å². The fourth-order valence-electron chi connectivity index (χ4n) is 4.12. The Balaban J connectivity index is 1.43. The number of hydrogen-bond acceptors (Lipinski definition) is 8. The van der Waals surface area contributed by atoms with E-state index in [1.165, 1.54) is 9.75 Å². The summed E-state index contributed by atoms with van der Waals surface area (Å²) in [5.74, 6) is -0.704. The van der Waals surface area contributed by atoms with E-state index in [9.17, 15) is 14.9 Å². The van der Waals surface area contributed by atoms with Crippen LogP contribution in [0.3, 0.4) is 0 Å². The molecule has 9 heteroatoms. The van der Waals surface area contributed by atoms with Crippen molar-refractivity contribution in [3.05, 3.63) is 56.7 Å². The van der Waals surface area contributed by atoms with Gasteiger partial charge in [-0.15, -0.1) is 11.3 Å². The molecular weight excluding hydrogens is 438 g/mol. The third kappa shape index (κ3) is 5.24. The summed E-state index contributed by atoms with van der Waals surface area (Å²) < 4.78 is 5.13. The van der Waals surface area contributed by atoms with Gasteiger partial charge in [-0.1, -0.05) is 19.1 Å². The number of para-hydroxylation sites is 1. The van der Waals surface area contributed by atoms with E-state index in [0.29, 0.717) is 36.0 Å². The normalized spacial score (nSPS) is 16.8. The molecule has 4 rings (SSSR count). The zero-order chi connectivity index (χ0) is 23.4. The summed E-state index contributed by atoms with van der Waals surface area (Å²) in [5, 5.41) is 16.6. The number of aromatic nitrogens is 1. The predicted molar refractivity (Wildman–Crippen MR) is 128 cm³/mol. The van der Waals surface area contributed by atoms with Crippen molar-refractivity contribution in [2.45, 2.75) is 51.2 Å². The standard InChI is InChI=1S/C24H27N5O3S/c1-3-19(26-21-18-6-4-5-7-20(18)32-23(31)27-21)22(30)28-24(15-25)10-12-29(13-11-24)14-17-9-8-16(2)33-17/h4-9,19H,3,10-14H2,1-2H3,(H,28,30)(H,26,27,31). The topological polar surface area (TPSA) is 111 Å². The summed E-state index contributed by atoms with van der Waals surface area (Å²) in [4.78, 5) is 33.8. The number of anilines is 1. The lowest BCUT2D eigenvalue weighted by Gasteiger charge is -2.38. The lowest BCUT2D eigenvalue weighted by Crippen LogP contribution is -2.57. The molecule has 0 radical (unpaired) electrons. The van der Waals surface area contributed by atoms with E-state index in [4.69, 9.17) is 4.42 Å². The van der Waals surface area contributed by atoms with Crippen LogP contribution in [0.2, 0.25) is 0 Å². The Hall–Kier alpha value is -3.22. The summed E-state index contributed by atoms with van der Waals surface area (Å²) in [5.41, 5.74) is -0.503. The Morgan fingerprint density at radius 3 is 2.73 bits per heavy atom. The smallest absolute Gasteiger partial charge is 0.408 e. The van der Waals surface area contributed by atoms with E-state index in [1.54, 1.807) is 29.5 Å². The van der Waals surface area contributed by atoms with Gasteiger partial charge in [0, 0.05) is 29.4 Å². The molecule has 1 aliphatic heterocycles. The van der Waals surface area contributed by atoms with Gasteiger partial charge in [0.15, 0.2) is 0 Å². The van der Waals surface area contributed by atoms with E-state index in [1.807, 2.05) is 13.0 Å². The van der Waals surface area contributed by atoms with Gasteiger partial charge in [-0.3, -0.25) is 9.69 Å². The van der Waals surface area contributed by atoms with E-state index < -0.39 is 17.3 Å². The van der Waals surface area contributed by atoms with Gasteiger partial charge in [0.05, 0.1) is 11.5 Å². The van der Waals surface area contributed by atoms with Gasteiger partial charge in [-0.25, -0.2) is 4.79 Å². The first kappa shape index (κ1) is 23.0. The van der Waals surface area contributed by atoms with Gasteiger partial charge < -0.3 is 15.1 Å². The molecule has 0 spiro atoms. The monoisotopic (exact) mass is 465 g/mol. The molecule has 3 aromatic rings. The molecule has 3 heterocycles. The predicted octanol–water partition coefficient (Wildman–Crippen LogP) is 3.42. The zero-order valence-corrected chi connectivity index (χ0v) is 19.6. The molecule has 1 saturated heterocycles. The SMILES string of the molecule is CCC(Nc1nc(=O)oc2ccccc12)C(=O)NC1(C#N)CCN(Cc2ccc(C)s2)CC1. The number of carbonyl (C=O) groups excluding carboxylic acids is 1. The number of fused-ring (bicyclic) bond motifs is 1. The second-order valence-corrected chi connectivity index (χ2v) is 9.77. The molecule has 1 atom stereocenters. The quantitative estimate of drug-likeness (QED) is 0.550. The van der Waals surface area contributed by atoms with Crippen molar-refractivity contribution in [1.29, 1.82) is 5.26 Å². The van der Waals surface area contributed by atoms with Crippen molar-refractivity contribution in [3.63, 3.8) is 0 Å². The first-order valence-corrected chi connectivity index (χ1v) is 11.9. The van der Waals surface area contributed by atoms with E-state index >= 15 is 0 Å². The Morgan fingerprint density at radius 1 is 1.30 bits per heavy atom. The number of benzene rings is 1. The lowest BCUT2D eigenvalue weighted by molar-refractivity contribution is -0.123. The molecule has 0 aliphatic carbocycles. The molecule has 1 fully saturated rings. The summed E-state index contributed by atoms with van der Waals surface area (Å²) in [7, 11) is 0. The molecular formula is C24H27N5O3S. The van der Waals surface area contributed by atoms with Gasteiger partial charge in [0.1, 0.15) is 23.0 Å². The van der Waals surface area contributed by atoms with Crippen LogP contribution >= 0.6 is 11.3 Å². The number of nitriles is 1. The number of aryl methyl sites for hydroxylation is 1.